The number of para-hydroxylation sites is 1. The highest BCUT2D eigenvalue weighted by atomic mass is 16.5. The van der Waals surface area contributed by atoms with E-state index >= 15 is 0 Å². The van der Waals surface area contributed by atoms with Gasteiger partial charge in [0.05, 0.1) is 6.61 Å². The molecular formula is C12H16O. The van der Waals surface area contributed by atoms with Gasteiger partial charge in [-0.05, 0) is 25.0 Å². The topological polar surface area (TPSA) is 9.23 Å². The molecule has 0 fully saturated rings. The summed E-state index contributed by atoms with van der Waals surface area (Å²) in [5.74, 6) is 0.951. The molecule has 0 aliphatic carbocycles. The monoisotopic (exact) mass is 176 g/mol. The maximum atomic E-state index is 5.50. The zero-order valence-electron chi connectivity index (χ0n) is 8.07. The van der Waals surface area contributed by atoms with Gasteiger partial charge in [-0.1, -0.05) is 37.3 Å². The zero-order chi connectivity index (χ0) is 9.36. The molecule has 0 atom stereocenters. The number of allylic oxidation sites excluding steroid dienone is 1. The molecule has 70 valence electrons. The fourth-order valence-electron chi connectivity index (χ4n) is 1.05. The van der Waals surface area contributed by atoms with Gasteiger partial charge in [0.1, 0.15) is 5.75 Å². The number of ether oxygens (including phenoxy) is 1. The Balaban J connectivity index is 2.17. The van der Waals surface area contributed by atoms with E-state index < -0.39 is 0 Å². The molecule has 0 aliphatic heterocycles. The quantitative estimate of drug-likeness (QED) is 0.493. The predicted molar refractivity (Wildman–Crippen MR) is 56.0 cm³/mol. The first kappa shape index (κ1) is 9.85. The van der Waals surface area contributed by atoms with Gasteiger partial charge in [-0.15, -0.1) is 0 Å². The first-order valence-electron chi connectivity index (χ1n) is 4.76. The summed E-state index contributed by atoms with van der Waals surface area (Å²) in [5, 5.41) is 0. The molecule has 0 unspecified atom stereocenters. The van der Waals surface area contributed by atoms with Crippen molar-refractivity contribution >= 4 is 0 Å². The van der Waals surface area contributed by atoms with Gasteiger partial charge < -0.3 is 4.74 Å². The second kappa shape index (κ2) is 6.30. The van der Waals surface area contributed by atoms with Crippen LogP contribution >= 0.6 is 0 Å². The predicted octanol–water partition coefficient (Wildman–Crippen LogP) is 3.42. The summed E-state index contributed by atoms with van der Waals surface area (Å²) in [6.45, 7) is 2.90. The summed E-state index contributed by atoms with van der Waals surface area (Å²) in [6.07, 6.45) is 6.41. The smallest absolute Gasteiger partial charge is 0.119 e. The van der Waals surface area contributed by atoms with Gasteiger partial charge in [0, 0.05) is 0 Å². The standard InChI is InChI=1S/C12H16O/c1-2-3-4-8-11-13-12-9-6-5-7-10-12/h3-7,9-10H,2,8,11H2,1H3. The Morgan fingerprint density at radius 2 is 1.92 bits per heavy atom. The van der Waals surface area contributed by atoms with Crippen molar-refractivity contribution in [3.05, 3.63) is 42.5 Å². The van der Waals surface area contributed by atoms with Gasteiger partial charge >= 0.3 is 0 Å². The molecule has 1 aromatic carbocycles. The van der Waals surface area contributed by atoms with Gasteiger partial charge in [0.25, 0.3) is 0 Å². The first-order chi connectivity index (χ1) is 6.43. The van der Waals surface area contributed by atoms with Crippen molar-refractivity contribution in [2.75, 3.05) is 6.61 Å². The molecule has 0 radical (unpaired) electrons. The molecule has 1 rings (SSSR count). The zero-order valence-corrected chi connectivity index (χ0v) is 8.07. The summed E-state index contributed by atoms with van der Waals surface area (Å²) in [4.78, 5) is 0. The van der Waals surface area contributed by atoms with Crippen LogP contribution in [0.25, 0.3) is 0 Å². The highest BCUT2D eigenvalue weighted by Gasteiger charge is 1.87. The molecule has 0 heterocycles. The maximum absolute atomic E-state index is 5.50. The van der Waals surface area contributed by atoms with E-state index in [0.717, 1.165) is 25.2 Å². The van der Waals surface area contributed by atoms with Crippen molar-refractivity contribution in [1.29, 1.82) is 0 Å². The molecule has 0 spiro atoms. The Morgan fingerprint density at radius 1 is 1.15 bits per heavy atom. The second-order valence-corrected chi connectivity index (χ2v) is 2.83. The first-order valence-corrected chi connectivity index (χ1v) is 4.76. The van der Waals surface area contributed by atoms with Crippen LogP contribution in [0, 0.1) is 0 Å². The third kappa shape index (κ3) is 4.36. The van der Waals surface area contributed by atoms with Gasteiger partial charge in [0.2, 0.25) is 0 Å². The highest BCUT2D eigenvalue weighted by Crippen LogP contribution is 2.08. The van der Waals surface area contributed by atoms with Crippen LogP contribution in [0.3, 0.4) is 0 Å². The molecule has 0 saturated heterocycles. The normalized spacial score (nSPS) is 10.5. The number of rotatable bonds is 5. The van der Waals surface area contributed by atoms with Crippen LogP contribution in [0.15, 0.2) is 42.5 Å². The summed E-state index contributed by atoms with van der Waals surface area (Å²) in [6, 6.07) is 9.91. The van der Waals surface area contributed by atoms with Crippen LogP contribution < -0.4 is 4.74 Å². The molecule has 1 nitrogen and oxygen atoms in total. The largest absolute Gasteiger partial charge is 0.493 e. The van der Waals surface area contributed by atoms with E-state index in [1.807, 2.05) is 30.3 Å². The van der Waals surface area contributed by atoms with E-state index in [2.05, 4.69) is 19.1 Å². The van der Waals surface area contributed by atoms with Crippen molar-refractivity contribution in [3.8, 4) is 5.75 Å². The molecule has 0 N–H and O–H groups in total. The maximum Gasteiger partial charge on any atom is 0.119 e. The minimum Gasteiger partial charge on any atom is -0.493 e. The molecule has 1 aromatic rings. The molecular weight excluding hydrogens is 160 g/mol. The van der Waals surface area contributed by atoms with Crippen molar-refractivity contribution in [2.24, 2.45) is 0 Å². The van der Waals surface area contributed by atoms with E-state index in [0.29, 0.717) is 0 Å². The Kier molecular flexibility index (Phi) is 4.77. The van der Waals surface area contributed by atoms with E-state index in [9.17, 15) is 0 Å². The molecule has 0 aliphatic rings. The van der Waals surface area contributed by atoms with Gasteiger partial charge in [-0.3, -0.25) is 0 Å². The van der Waals surface area contributed by atoms with E-state index in [4.69, 9.17) is 4.74 Å². The number of hydrogen-bond acceptors (Lipinski definition) is 1. The second-order valence-electron chi connectivity index (χ2n) is 2.83. The SMILES string of the molecule is CCC=CCCOc1ccccc1. The summed E-state index contributed by atoms with van der Waals surface area (Å²) in [7, 11) is 0. The molecule has 0 saturated carbocycles. The average Bonchev–Trinajstić information content (AvgIpc) is 2.19. The third-order valence-corrected chi connectivity index (χ3v) is 1.70. The van der Waals surface area contributed by atoms with Crippen molar-refractivity contribution < 1.29 is 4.74 Å². The molecule has 0 bridgehead atoms. The molecule has 0 aromatic heterocycles. The van der Waals surface area contributed by atoms with Crippen LogP contribution in [0.2, 0.25) is 0 Å². The van der Waals surface area contributed by atoms with Crippen LogP contribution in [0.4, 0.5) is 0 Å². The van der Waals surface area contributed by atoms with Crippen LogP contribution in [-0.2, 0) is 0 Å². The molecule has 1 heteroatoms. The fraction of sp³-hybridized carbons (Fsp3) is 0.333. The van der Waals surface area contributed by atoms with Crippen LogP contribution in [-0.4, -0.2) is 6.61 Å². The lowest BCUT2D eigenvalue weighted by Crippen LogP contribution is -1.94. The highest BCUT2D eigenvalue weighted by molar-refractivity contribution is 5.20. The van der Waals surface area contributed by atoms with Crippen LogP contribution in [0.5, 0.6) is 5.75 Å². The number of benzene rings is 1. The van der Waals surface area contributed by atoms with Gasteiger partial charge in [0.15, 0.2) is 0 Å². The summed E-state index contributed by atoms with van der Waals surface area (Å²) >= 11 is 0. The van der Waals surface area contributed by atoms with Crippen LogP contribution in [0.1, 0.15) is 19.8 Å². The Morgan fingerprint density at radius 3 is 2.62 bits per heavy atom. The van der Waals surface area contributed by atoms with E-state index in [-0.39, 0.29) is 0 Å². The minimum atomic E-state index is 0.764. The van der Waals surface area contributed by atoms with E-state index in [1.54, 1.807) is 0 Å². The van der Waals surface area contributed by atoms with Gasteiger partial charge in [-0.2, -0.15) is 0 Å². The average molecular weight is 176 g/mol. The van der Waals surface area contributed by atoms with Gasteiger partial charge in [-0.25, -0.2) is 0 Å². The Labute approximate surface area is 80.0 Å². The molecule has 13 heavy (non-hydrogen) atoms. The molecule has 0 amide bonds. The minimum absolute atomic E-state index is 0.764. The fourth-order valence-corrected chi connectivity index (χ4v) is 1.05. The van der Waals surface area contributed by atoms with Crippen molar-refractivity contribution in [3.63, 3.8) is 0 Å². The lowest BCUT2D eigenvalue weighted by molar-refractivity contribution is 0.325. The Bertz CT molecular complexity index is 239. The van der Waals surface area contributed by atoms with Crippen molar-refractivity contribution in [2.45, 2.75) is 19.8 Å². The summed E-state index contributed by atoms with van der Waals surface area (Å²) < 4.78 is 5.50. The number of hydrogen-bond donors (Lipinski definition) is 0. The lowest BCUT2D eigenvalue weighted by atomic mass is 10.3. The Hall–Kier alpha value is -1.24. The van der Waals surface area contributed by atoms with E-state index in [1.165, 1.54) is 0 Å². The lowest BCUT2D eigenvalue weighted by Gasteiger charge is -2.02. The third-order valence-electron chi connectivity index (χ3n) is 1.70. The summed E-state index contributed by atoms with van der Waals surface area (Å²) in [5.41, 5.74) is 0. The van der Waals surface area contributed by atoms with Crippen molar-refractivity contribution in [1.82, 2.24) is 0 Å².